The van der Waals surface area contributed by atoms with Gasteiger partial charge in [0.1, 0.15) is 5.69 Å². The summed E-state index contributed by atoms with van der Waals surface area (Å²) in [6.07, 6.45) is 5.67. The summed E-state index contributed by atoms with van der Waals surface area (Å²) in [5.41, 5.74) is 0.327. The van der Waals surface area contributed by atoms with E-state index in [0.717, 1.165) is 19.5 Å². The molecule has 3 atom stereocenters. The third-order valence-electron chi connectivity index (χ3n) is 4.52. The van der Waals surface area contributed by atoms with E-state index in [2.05, 4.69) is 20.2 Å². The molecule has 8 nitrogen and oxygen atoms in total. The van der Waals surface area contributed by atoms with Crippen molar-refractivity contribution in [2.24, 2.45) is 0 Å². The van der Waals surface area contributed by atoms with Gasteiger partial charge in [0.2, 0.25) is 5.91 Å². The van der Waals surface area contributed by atoms with Gasteiger partial charge in [-0.15, -0.1) is 0 Å². The smallest absolute Gasteiger partial charge is 0.271 e. The minimum absolute atomic E-state index is 0.0661. The van der Waals surface area contributed by atoms with Crippen LogP contribution in [0.5, 0.6) is 0 Å². The van der Waals surface area contributed by atoms with Crippen LogP contribution in [0.25, 0.3) is 0 Å². The van der Waals surface area contributed by atoms with E-state index in [9.17, 15) is 9.59 Å². The van der Waals surface area contributed by atoms with Gasteiger partial charge < -0.3 is 15.0 Å². The number of hydrogen-bond acceptors (Lipinski definition) is 6. The first kappa shape index (κ1) is 16.8. The fourth-order valence-corrected chi connectivity index (χ4v) is 3.22. The first-order valence-electron chi connectivity index (χ1n) is 8.15. The quantitative estimate of drug-likeness (QED) is 0.801. The standard InChI is InChI=1S/C16H23N5O3/c1-20(2)15(22)6-13-9-21-8-11(5-12(21)10-24-13)19-16(23)14-7-17-3-4-18-14/h3-4,7,11-13H,5-6,8-10H2,1-2H3,(H,19,23)/t11-,12-,13-/m0/s1. The molecule has 2 aliphatic rings. The maximum absolute atomic E-state index is 12.2. The highest BCUT2D eigenvalue weighted by atomic mass is 16.5. The van der Waals surface area contributed by atoms with Crippen LogP contribution in [0.1, 0.15) is 23.3 Å². The lowest BCUT2D eigenvalue weighted by atomic mass is 10.1. The average Bonchev–Trinajstić information content (AvgIpc) is 2.97. The first-order valence-corrected chi connectivity index (χ1v) is 8.15. The summed E-state index contributed by atoms with van der Waals surface area (Å²) in [5.74, 6) is -0.127. The van der Waals surface area contributed by atoms with Gasteiger partial charge in [0.15, 0.2) is 0 Å². The zero-order valence-electron chi connectivity index (χ0n) is 14.0. The van der Waals surface area contributed by atoms with Crippen LogP contribution in [-0.4, -0.2) is 83.6 Å². The van der Waals surface area contributed by atoms with Crippen molar-refractivity contribution in [3.05, 3.63) is 24.3 Å². The molecule has 2 saturated heterocycles. The molecule has 0 bridgehead atoms. The second kappa shape index (κ2) is 7.23. The van der Waals surface area contributed by atoms with Crippen LogP contribution >= 0.6 is 0 Å². The predicted octanol–water partition coefficient (Wildman–Crippen LogP) is -0.474. The highest BCUT2D eigenvalue weighted by molar-refractivity contribution is 5.92. The summed E-state index contributed by atoms with van der Waals surface area (Å²) >= 11 is 0. The largest absolute Gasteiger partial charge is 0.375 e. The first-order chi connectivity index (χ1) is 11.5. The molecule has 0 radical (unpaired) electrons. The van der Waals surface area contributed by atoms with E-state index in [4.69, 9.17) is 4.74 Å². The summed E-state index contributed by atoms with van der Waals surface area (Å²) in [6, 6.07) is 0.360. The van der Waals surface area contributed by atoms with Crippen molar-refractivity contribution in [1.29, 1.82) is 0 Å². The molecule has 8 heteroatoms. The van der Waals surface area contributed by atoms with E-state index in [-0.39, 0.29) is 24.0 Å². The number of fused-ring (bicyclic) bond motifs is 1. The fraction of sp³-hybridized carbons (Fsp3) is 0.625. The van der Waals surface area contributed by atoms with Crippen molar-refractivity contribution < 1.29 is 14.3 Å². The summed E-state index contributed by atoms with van der Waals surface area (Å²) in [4.78, 5) is 35.8. The van der Waals surface area contributed by atoms with Crippen molar-refractivity contribution >= 4 is 11.8 Å². The Hall–Kier alpha value is -2.06. The van der Waals surface area contributed by atoms with Crippen molar-refractivity contribution in [1.82, 2.24) is 25.1 Å². The molecule has 2 amide bonds. The normalized spacial score (nSPS) is 26.7. The molecule has 0 unspecified atom stereocenters. The Labute approximate surface area is 141 Å². The summed E-state index contributed by atoms with van der Waals surface area (Å²) in [5, 5.41) is 3.01. The second-order valence-electron chi connectivity index (χ2n) is 6.55. The van der Waals surface area contributed by atoms with Gasteiger partial charge in [0, 0.05) is 51.7 Å². The topological polar surface area (TPSA) is 87.7 Å². The van der Waals surface area contributed by atoms with Gasteiger partial charge in [-0.05, 0) is 6.42 Å². The molecule has 3 rings (SSSR count). The maximum atomic E-state index is 12.2. The third-order valence-corrected chi connectivity index (χ3v) is 4.52. The molecule has 2 fully saturated rings. The van der Waals surface area contributed by atoms with E-state index in [1.165, 1.54) is 12.4 Å². The van der Waals surface area contributed by atoms with Gasteiger partial charge in [-0.3, -0.25) is 19.5 Å². The molecule has 130 valence electrons. The van der Waals surface area contributed by atoms with Crippen molar-refractivity contribution in [2.45, 2.75) is 31.0 Å². The predicted molar refractivity (Wildman–Crippen MR) is 86.3 cm³/mol. The lowest BCUT2D eigenvalue weighted by Gasteiger charge is -2.35. The van der Waals surface area contributed by atoms with Crippen LogP contribution in [0.4, 0.5) is 0 Å². The Morgan fingerprint density at radius 3 is 2.92 bits per heavy atom. The number of hydrogen-bond donors (Lipinski definition) is 1. The van der Waals surface area contributed by atoms with Crippen LogP contribution in [-0.2, 0) is 9.53 Å². The van der Waals surface area contributed by atoms with Crippen molar-refractivity contribution in [2.75, 3.05) is 33.8 Å². The zero-order valence-corrected chi connectivity index (χ0v) is 14.0. The molecule has 1 aromatic rings. The van der Waals surface area contributed by atoms with E-state index < -0.39 is 0 Å². The molecule has 0 spiro atoms. The molecule has 2 aliphatic heterocycles. The zero-order chi connectivity index (χ0) is 17.1. The maximum Gasteiger partial charge on any atom is 0.271 e. The van der Waals surface area contributed by atoms with Gasteiger partial charge in [0.25, 0.3) is 5.91 Å². The summed E-state index contributed by atoms with van der Waals surface area (Å²) in [6.45, 7) is 2.09. The minimum atomic E-state index is -0.201. The molecule has 1 N–H and O–H groups in total. The number of nitrogens with one attached hydrogen (secondary N) is 1. The molecular formula is C16H23N5O3. The van der Waals surface area contributed by atoms with E-state index in [1.807, 2.05) is 0 Å². The number of aromatic nitrogens is 2. The molecule has 0 aliphatic carbocycles. The number of morpholine rings is 1. The van der Waals surface area contributed by atoms with Gasteiger partial charge in [-0.1, -0.05) is 0 Å². The van der Waals surface area contributed by atoms with Crippen molar-refractivity contribution in [3.8, 4) is 0 Å². The molecule has 3 heterocycles. The number of amides is 2. The number of carbonyl (C=O) groups is 2. The third kappa shape index (κ3) is 3.88. The lowest BCUT2D eigenvalue weighted by Crippen LogP contribution is -2.47. The van der Waals surface area contributed by atoms with E-state index in [1.54, 1.807) is 25.2 Å². The number of nitrogens with zero attached hydrogens (tertiary/aromatic N) is 4. The van der Waals surface area contributed by atoms with Gasteiger partial charge >= 0.3 is 0 Å². The van der Waals surface area contributed by atoms with Crippen LogP contribution in [0.2, 0.25) is 0 Å². The second-order valence-corrected chi connectivity index (χ2v) is 6.55. The Morgan fingerprint density at radius 2 is 2.21 bits per heavy atom. The monoisotopic (exact) mass is 333 g/mol. The lowest BCUT2D eigenvalue weighted by molar-refractivity contribution is -0.134. The highest BCUT2D eigenvalue weighted by Crippen LogP contribution is 2.24. The highest BCUT2D eigenvalue weighted by Gasteiger charge is 2.38. The molecule has 24 heavy (non-hydrogen) atoms. The summed E-state index contributed by atoms with van der Waals surface area (Å²) in [7, 11) is 3.50. The molecule has 0 saturated carbocycles. The Morgan fingerprint density at radius 1 is 1.38 bits per heavy atom. The molecule has 0 aromatic carbocycles. The molecule has 1 aromatic heterocycles. The van der Waals surface area contributed by atoms with Crippen LogP contribution < -0.4 is 5.32 Å². The SMILES string of the molecule is CN(C)C(=O)C[C@H]1CN2C[C@@H](NC(=O)c3cnccn3)C[C@H]2CO1. The van der Waals surface area contributed by atoms with Gasteiger partial charge in [-0.25, -0.2) is 4.98 Å². The van der Waals surface area contributed by atoms with Gasteiger partial charge in [-0.2, -0.15) is 0 Å². The van der Waals surface area contributed by atoms with Crippen LogP contribution in [0, 0.1) is 0 Å². The van der Waals surface area contributed by atoms with E-state index in [0.29, 0.717) is 24.8 Å². The minimum Gasteiger partial charge on any atom is -0.375 e. The fourth-order valence-electron chi connectivity index (χ4n) is 3.22. The summed E-state index contributed by atoms with van der Waals surface area (Å²) < 4.78 is 5.83. The Kier molecular flexibility index (Phi) is 5.06. The van der Waals surface area contributed by atoms with Crippen molar-refractivity contribution in [3.63, 3.8) is 0 Å². The van der Waals surface area contributed by atoms with Crippen LogP contribution in [0.15, 0.2) is 18.6 Å². The number of ether oxygens (including phenoxy) is 1. The number of carbonyl (C=O) groups excluding carboxylic acids is 2. The van der Waals surface area contributed by atoms with E-state index >= 15 is 0 Å². The molecular weight excluding hydrogens is 310 g/mol. The van der Waals surface area contributed by atoms with Crippen LogP contribution in [0.3, 0.4) is 0 Å². The van der Waals surface area contributed by atoms with Gasteiger partial charge in [0.05, 0.1) is 25.3 Å². The number of rotatable bonds is 4. The Balaban J connectivity index is 1.52. The Bertz CT molecular complexity index is 595. The average molecular weight is 333 g/mol.